The van der Waals surface area contributed by atoms with E-state index in [1.165, 1.54) is 13.0 Å². The van der Waals surface area contributed by atoms with Crippen LogP contribution >= 0.6 is 0 Å². The van der Waals surface area contributed by atoms with Crippen LogP contribution in [0.25, 0.3) is 0 Å². The lowest BCUT2D eigenvalue weighted by Gasteiger charge is -2.05. The van der Waals surface area contributed by atoms with Gasteiger partial charge in [-0.15, -0.1) is 0 Å². The van der Waals surface area contributed by atoms with Gasteiger partial charge in [0.25, 0.3) is 0 Å². The molecule has 0 aliphatic carbocycles. The minimum absolute atomic E-state index is 0.0423. The molecule has 0 bridgehead atoms. The van der Waals surface area contributed by atoms with Crippen molar-refractivity contribution in [2.75, 3.05) is 6.54 Å². The van der Waals surface area contributed by atoms with Gasteiger partial charge in [-0.1, -0.05) is 6.07 Å². The maximum Gasteiger partial charge on any atom is 0.160 e. The molecule has 3 heteroatoms. The molecule has 0 spiro atoms. The summed E-state index contributed by atoms with van der Waals surface area (Å²) < 4.78 is 0. The number of phenols is 1. The summed E-state index contributed by atoms with van der Waals surface area (Å²) in [5.41, 5.74) is 6.85. The molecule has 0 saturated heterocycles. The summed E-state index contributed by atoms with van der Waals surface area (Å²) in [7, 11) is 0. The first-order chi connectivity index (χ1) is 6.15. The second kappa shape index (κ2) is 4.05. The fraction of sp³-hybridized carbons (Fsp3) is 0.300. The summed E-state index contributed by atoms with van der Waals surface area (Å²) in [5, 5.41) is 9.17. The molecule has 0 radical (unpaired) electrons. The standard InChI is InChI=1S/C10H13NO2/c1-7(12)10-6-9(13)3-2-8(10)4-5-11/h2-3,6,13H,4-5,11H2,1H3. The Morgan fingerprint density at radius 1 is 1.54 bits per heavy atom. The Kier molecular flexibility index (Phi) is 3.03. The third-order valence-corrected chi connectivity index (χ3v) is 1.89. The molecule has 0 saturated carbocycles. The van der Waals surface area contributed by atoms with E-state index in [-0.39, 0.29) is 11.5 Å². The van der Waals surface area contributed by atoms with E-state index in [4.69, 9.17) is 5.73 Å². The van der Waals surface area contributed by atoms with E-state index in [0.717, 1.165) is 5.56 Å². The van der Waals surface area contributed by atoms with Crippen LogP contribution in [0, 0.1) is 0 Å². The second-order valence-corrected chi connectivity index (χ2v) is 2.94. The van der Waals surface area contributed by atoms with Gasteiger partial charge in [-0.05, 0) is 37.6 Å². The van der Waals surface area contributed by atoms with Crippen LogP contribution in [-0.2, 0) is 6.42 Å². The number of rotatable bonds is 3. The summed E-state index contributed by atoms with van der Waals surface area (Å²) in [5.74, 6) is 0.0744. The van der Waals surface area contributed by atoms with Gasteiger partial charge < -0.3 is 10.8 Å². The molecule has 0 aliphatic heterocycles. The van der Waals surface area contributed by atoms with Crippen LogP contribution in [-0.4, -0.2) is 17.4 Å². The van der Waals surface area contributed by atoms with Crippen LogP contribution in [0.3, 0.4) is 0 Å². The predicted molar refractivity (Wildman–Crippen MR) is 50.9 cm³/mol. The Morgan fingerprint density at radius 3 is 2.77 bits per heavy atom. The molecule has 70 valence electrons. The number of carbonyl (C=O) groups excluding carboxylic acids is 1. The fourth-order valence-corrected chi connectivity index (χ4v) is 1.27. The van der Waals surface area contributed by atoms with Gasteiger partial charge in [-0.2, -0.15) is 0 Å². The topological polar surface area (TPSA) is 63.3 Å². The van der Waals surface area contributed by atoms with Crippen LogP contribution < -0.4 is 5.73 Å². The van der Waals surface area contributed by atoms with E-state index in [1.54, 1.807) is 12.1 Å². The van der Waals surface area contributed by atoms with Gasteiger partial charge in [0.05, 0.1) is 0 Å². The van der Waals surface area contributed by atoms with Crippen molar-refractivity contribution in [1.29, 1.82) is 0 Å². The molecule has 1 aromatic carbocycles. The summed E-state index contributed by atoms with van der Waals surface area (Å²) >= 11 is 0. The molecule has 0 heterocycles. The highest BCUT2D eigenvalue weighted by Gasteiger charge is 2.06. The lowest BCUT2D eigenvalue weighted by atomic mass is 10.0. The average molecular weight is 179 g/mol. The quantitative estimate of drug-likeness (QED) is 0.683. The summed E-state index contributed by atoms with van der Waals surface area (Å²) in [6, 6.07) is 4.78. The average Bonchev–Trinajstić information content (AvgIpc) is 2.08. The van der Waals surface area contributed by atoms with Crippen LogP contribution in [0.1, 0.15) is 22.8 Å². The summed E-state index contributed by atoms with van der Waals surface area (Å²) in [4.78, 5) is 11.1. The molecule has 0 fully saturated rings. The minimum atomic E-state index is -0.0423. The van der Waals surface area contributed by atoms with Gasteiger partial charge >= 0.3 is 0 Å². The van der Waals surface area contributed by atoms with Gasteiger partial charge in [-0.25, -0.2) is 0 Å². The third-order valence-electron chi connectivity index (χ3n) is 1.89. The summed E-state index contributed by atoms with van der Waals surface area (Å²) in [6.45, 7) is 1.99. The zero-order chi connectivity index (χ0) is 9.84. The van der Waals surface area contributed by atoms with Gasteiger partial charge in [0.1, 0.15) is 5.75 Å². The van der Waals surface area contributed by atoms with Crippen LogP contribution in [0.2, 0.25) is 0 Å². The Morgan fingerprint density at radius 2 is 2.23 bits per heavy atom. The van der Waals surface area contributed by atoms with Crippen LogP contribution in [0.15, 0.2) is 18.2 Å². The van der Waals surface area contributed by atoms with Crippen LogP contribution in [0.5, 0.6) is 5.75 Å². The molecule has 0 unspecified atom stereocenters. The van der Waals surface area contributed by atoms with Crippen molar-refractivity contribution in [3.8, 4) is 5.75 Å². The van der Waals surface area contributed by atoms with Crippen molar-refractivity contribution in [2.45, 2.75) is 13.3 Å². The van der Waals surface area contributed by atoms with Crippen molar-refractivity contribution < 1.29 is 9.90 Å². The molecular formula is C10H13NO2. The van der Waals surface area contributed by atoms with E-state index in [0.29, 0.717) is 18.5 Å². The number of benzene rings is 1. The maximum atomic E-state index is 11.1. The molecule has 0 aliphatic rings. The second-order valence-electron chi connectivity index (χ2n) is 2.94. The minimum Gasteiger partial charge on any atom is -0.508 e. The molecule has 0 atom stereocenters. The predicted octanol–water partition coefficient (Wildman–Crippen LogP) is 1.10. The van der Waals surface area contributed by atoms with Gasteiger partial charge in [0.2, 0.25) is 0 Å². The number of nitrogens with two attached hydrogens (primary N) is 1. The van der Waals surface area contributed by atoms with E-state index < -0.39 is 0 Å². The molecule has 1 rings (SSSR count). The Hall–Kier alpha value is -1.35. The molecule has 3 N–H and O–H groups in total. The number of ketones is 1. The van der Waals surface area contributed by atoms with Gasteiger partial charge in [-0.3, -0.25) is 4.79 Å². The number of hydrogen-bond acceptors (Lipinski definition) is 3. The van der Waals surface area contributed by atoms with Crippen molar-refractivity contribution in [2.24, 2.45) is 5.73 Å². The molecule has 3 nitrogen and oxygen atoms in total. The number of aromatic hydroxyl groups is 1. The number of Topliss-reactive ketones (excluding diaryl/α,β-unsaturated/α-hetero) is 1. The largest absolute Gasteiger partial charge is 0.508 e. The van der Waals surface area contributed by atoms with Crippen molar-refractivity contribution >= 4 is 5.78 Å². The monoisotopic (exact) mass is 179 g/mol. The molecule has 13 heavy (non-hydrogen) atoms. The molecule has 1 aromatic rings. The zero-order valence-corrected chi connectivity index (χ0v) is 7.58. The Bertz CT molecular complexity index is 321. The molecule has 0 aromatic heterocycles. The highest BCUT2D eigenvalue weighted by atomic mass is 16.3. The molecule has 0 amide bonds. The highest BCUT2D eigenvalue weighted by Crippen LogP contribution is 2.17. The van der Waals surface area contributed by atoms with E-state index >= 15 is 0 Å². The zero-order valence-electron chi connectivity index (χ0n) is 7.58. The lowest BCUT2D eigenvalue weighted by Crippen LogP contribution is -2.07. The van der Waals surface area contributed by atoms with E-state index in [2.05, 4.69) is 0 Å². The Labute approximate surface area is 77.2 Å². The number of phenolic OH excluding ortho intramolecular Hbond substituents is 1. The summed E-state index contributed by atoms with van der Waals surface area (Å²) in [6.07, 6.45) is 0.662. The van der Waals surface area contributed by atoms with Crippen molar-refractivity contribution in [3.05, 3.63) is 29.3 Å². The van der Waals surface area contributed by atoms with E-state index in [1.807, 2.05) is 0 Å². The first-order valence-corrected chi connectivity index (χ1v) is 4.18. The Balaban J connectivity index is 3.10. The number of carbonyl (C=O) groups is 1. The van der Waals surface area contributed by atoms with Crippen molar-refractivity contribution in [3.63, 3.8) is 0 Å². The van der Waals surface area contributed by atoms with Gasteiger partial charge in [0.15, 0.2) is 5.78 Å². The highest BCUT2D eigenvalue weighted by molar-refractivity contribution is 5.95. The fourth-order valence-electron chi connectivity index (χ4n) is 1.27. The van der Waals surface area contributed by atoms with E-state index in [9.17, 15) is 9.90 Å². The lowest BCUT2D eigenvalue weighted by molar-refractivity contribution is 0.101. The number of hydrogen-bond donors (Lipinski definition) is 2. The molecular weight excluding hydrogens is 166 g/mol. The first-order valence-electron chi connectivity index (χ1n) is 4.18. The van der Waals surface area contributed by atoms with Gasteiger partial charge in [0, 0.05) is 5.56 Å². The normalized spacial score (nSPS) is 10.0. The SMILES string of the molecule is CC(=O)c1cc(O)ccc1CCN. The third kappa shape index (κ3) is 2.29. The van der Waals surface area contributed by atoms with Crippen molar-refractivity contribution in [1.82, 2.24) is 0 Å². The first kappa shape index (κ1) is 9.74. The van der Waals surface area contributed by atoms with Crippen LogP contribution in [0.4, 0.5) is 0 Å². The smallest absolute Gasteiger partial charge is 0.160 e. The maximum absolute atomic E-state index is 11.1.